The lowest BCUT2D eigenvalue weighted by atomic mass is 10.2. The van der Waals surface area contributed by atoms with E-state index in [1.807, 2.05) is 6.92 Å². The van der Waals surface area contributed by atoms with Crippen molar-refractivity contribution >= 4 is 11.6 Å². The molecular weight excluding hydrogens is 192 g/mol. The Bertz CT molecular complexity index is 327. The first kappa shape index (κ1) is 11.5. The highest BCUT2D eigenvalue weighted by Crippen LogP contribution is 2.07. The molecule has 1 rings (SSSR count). The topological polar surface area (TPSA) is 80.0 Å². The van der Waals surface area contributed by atoms with E-state index < -0.39 is 0 Å². The van der Waals surface area contributed by atoms with E-state index in [-0.39, 0.29) is 5.91 Å². The fourth-order valence-corrected chi connectivity index (χ4v) is 1.13. The molecule has 0 aliphatic rings. The molecule has 0 aromatic carbocycles. The minimum absolute atomic E-state index is 0.182. The maximum absolute atomic E-state index is 11.6. The smallest absolute Gasteiger partial charge is 0.254 e. The zero-order valence-electron chi connectivity index (χ0n) is 8.79. The molecule has 1 heterocycles. The minimum Gasteiger partial charge on any atom is -0.398 e. The standard InChI is InChI=1S/C10H16N4O/c1-2-12-5-6-14-10(15)8-7-13-4-3-9(8)11/h3-4,7,12H,2,5-6H2,1H3,(H2,11,13)(H,14,15). The lowest BCUT2D eigenvalue weighted by molar-refractivity contribution is 0.0954. The van der Waals surface area contributed by atoms with Crippen LogP contribution in [0.5, 0.6) is 0 Å². The summed E-state index contributed by atoms with van der Waals surface area (Å²) in [5.74, 6) is -0.182. The number of nitrogens with two attached hydrogens (primary N) is 1. The summed E-state index contributed by atoms with van der Waals surface area (Å²) in [5.41, 5.74) is 6.51. The van der Waals surface area contributed by atoms with Gasteiger partial charge in [-0.05, 0) is 12.6 Å². The van der Waals surface area contributed by atoms with E-state index in [9.17, 15) is 4.79 Å². The largest absolute Gasteiger partial charge is 0.398 e. The van der Waals surface area contributed by atoms with Crippen molar-refractivity contribution in [3.05, 3.63) is 24.0 Å². The molecule has 82 valence electrons. The van der Waals surface area contributed by atoms with Crippen LogP contribution in [0.1, 0.15) is 17.3 Å². The molecule has 0 atom stereocenters. The zero-order chi connectivity index (χ0) is 11.1. The van der Waals surface area contributed by atoms with Crippen molar-refractivity contribution < 1.29 is 4.79 Å². The number of carbonyl (C=O) groups excluding carboxylic acids is 1. The molecule has 5 heteroatoms. The normalized spacial score (nSPS) is 9.93. The van der Waals surface area contributed by atoms with Crippen LogP contribution in [0.25, 0.3) is 0 Å². The second-order valence-corrected chi connectivity index (χ2v) is 3.07. The number of nitrogens with one attached hydrogen (secondary N) is 2. The number of anilines is 1. The third-order valence-electron chi connectivity index (χ3n) is 1.94. The summed E-state index contributed by atoms with van der Waals surface area (Å²) >= 11 is 0. The number of rotatable bonds is 5. The third-order valence-corrected chi connectivity index (χ3v) is 1.94. The molecule has 0 radical (unpaired) electrons. The maximum atomic E-state index is 11.6. The highest BCUT2D eigenvalue weighted by molar-refractivity contribution is 5.98. The van der Waals surface area contributed by atoms with Crippen LogP contribution >= 0.6 is 0 Å². The lowest BCUT2D eigenvalue weighted by Gasteiger charge is -2.06. The molecular formula is C10H16N4O. The van der Waals surface area contributed by atoms with Gasteiger partial charge in [0.15, 0.2) is 0 Å². The Hall–Kier alpha value is -1.62. The molecule has 0 spiro atoms. The van der Waals surface area contributed by atoms with Gasteiger partial charge in [-0.25, -0.2) is 0 Å². The summed E-state index contributed by atoms with van der Waals surface area (Å²) in [7, 11) is 0. The summed E-state index contributed by atoms with van der Waals surface area (Å²) in [6, 6.07) is 1.61. The molecule has 15 heavy (non-hydrogen) atoms. The Balaban J connectivity index is 2.44. The molecule has 0 saturated carbocycles. The van der Waals surface area contributed by atoms with Crippen LogP contribution in [0.3, 0.4) is 0 Å². The number of pyridine rings is 1. The van der Waals surface area contributed by atoms with E-state index in [0.29, 0.717) is 17.8 Å². The van der Waals surface area contributed by atoms with Gasteiger partial charge in [0.1, 0.15) is 0 Å². The maximum Gasteiger partial charge on any atom is 0.254 e. The Kier molecular flexibility index (Phi) is 4.56. The number of amides is 1. The van der Waals surface area contributed by atoms with Crippen molar-refractivity contribution in [2.45, 2.75) is 6.92 Å². The van der Waals surface area contributed by atoms with Gasteiger partial charge in [0.2, 0.25) is 0 Å². The molecule has 0 fully saturated rings. The Morgan fingerprint density at radius 3 is 3.00 bits per heavy atom. The summed E-state index contributed by atoms with van der Waals surface area (Å²) < 4.78 is 0. The van der Waals surface area contributed by atoms with E-state index in [2.05, 4.69) is 15.6 Å². The van der Waals surface area contributed by atoms with Crippen LogP contribution in [0, 0.1) is 0 Å². The highest BCUT2D eigenvalue weighted by Gasteiger charge is 2.07. The van der Waals surface area contributed by atoms with Gasteiger partial charge in [0.05, 0.1) is 5.56 Å². The number of hydrogen-bond donors (Lipinski definition) is 3. The van der Waals surface area contributed by atoms with Gasteiger partial charge in [-0.2, -0.15) is 0 Å². The number of nitrogens with zero attached hydrogens (tertiary/aromatic N) is 1. The van der Waals surface area contributed by atoms with Crippen LogP contribution in [-0.2, 0) is 0 Å². The quantitative estimate of drug-likeness (QED) is 0.595. The van der Waals surface area contributed by atoms with Crippen LogP contribution in [0.4, 0.5) is 5.69 Å². The second-order valence-electron chi connectivity index (χ2n) is 3.07. The van der Waals surface area contributed by atoms with Crippen molar-refractivity contribution in [2.24, 2.45) is 0 Å². The predicted molar refractivity (Wildman–Crippen MR) is 59.5 cm³/mol. The Labute approximate surface area is 89.1 Å². The van der Waals surface area contributed by atoms with Crippen LogP contribution in [0.15, 0.2) is 18.5 Å². The third kappa shape index (κ3) is 3.55. The summed E-state index contributed by atoms with van der Waals surface area (Å²) in [4.78, 5) is 15.4. The minimum atomic E-state index is -0.182. The summed E-state index contributed by atoms with van der Waals surface area (Å²) in [6.45, 7) is 4.25. The van der Waals surface area contributed by atoms with Crippen molar-refractivity contribution in [3.8, 4) is 0 Å². The van der Waals surface area contributed by atoms with Crippen molar-refractivity contribution in [1.82, 2.24) is 15.6 Å². The first-order chi connectivity index (χ1) is 7.25. The van der Waals surface area contributed by atoms with Crippen molar-refractivity contribution in [3.63, 3.8) is 0 Å². The average molecular weight is 208 g/mol. The first-order valence-corrected chi connectivity index (χ1v) is 4.94. The molecule has 0 bridgehead atoms. The summed E-state index contributed by atoms with van der Waals surface area (Å²) in [5, 5.41) is 5.86. The van der Waals surface area contributed by atoms with Crippen LogP contribution in [-0.4, -0.2) is 30.5 Å². The fraction of sp³-hybridized carbons (Fsp3) is 0.400. The number of aromatic nitrogens is 1. The van der Waals surface area contributed by atoms with Gasteiger partial charge in [0, 0.05) is 31.2 Å². The second kappa shape index (κ2) is 5.98. The van der Waals surface area contributed by atoms with E-state index in [0.717, 1.165) is 13.1 Å². The predicted octanol–water partition coefficient (Wildman–Crippen LogP) is 0.00310. The number of likely N-dealkylation sites (N-methyl/N-ethyl adjacent to an activating group) is 1. The molecule has 0 aliphatic heterocycles. The fourth-order valence-electron chi connectivity index (χ4n) is 1.13. The molecule has 1 aromatic rings. The van der Waals surface area contributed by atoms with E-state index in [1.165, 1.54) is 6.20 Å². The first-order valence-electron chi connectivity index (χ1n) is 4.94. The van der Waals surface area contributed by atoms with Gasteiger partial charge >= 0.3 is 0 Å². The molecule has 5 nitrogen and oxygen atoms in total. The Morgan fingerprint density at radius 1 is 1.53 bits per heavy atom. The molecule has 0 unspecified atom stereocenters. The van der Waals surface area contributed by atoms with Gasteiger partial charge in [-0.3, -0.25) is 9.78 Å². The van der Waals surface area contributed by atoms with Crippen molar-refractivity contribution in [1.29, 1.82) is 0 Å². The van der Waals surface area contributed by atoms with Gasteiger partial charge in [-0.15, -0.1) is 0 Å². The monoisotopic (exact) mass is 208 g/mol. The Morgan fingerprint density at radius 2 is 2.33 bits per heavy atom. The summed E-state index contributed by atoms with van der Waals surface area (Å²) in [6.07, 6.45) is 3.03. The van der Waals surface area contributed by atoms with Gasteiger partial charge in [-0.1, -0.05) is 6.92 Å². The van der Waals surface area contributed by atoms with E-state index in [1.54, 1.807) is 12.3 Å². The zero-order valence-corrected chi connectivity index (χ0v) is 8.79. The highest BCUT2D eigenvalue weighted by atomic mass is 16.1. The van der Waals surface area contributed by atoms with Gasteiger partial charge < -0.3 is 16.4 Å². The lowest BCUT2D eigenvalue weighted by Crippen LogP contribution is -2.32. The van der Waals surface area contributed by atoms with E-state index in [4.69, 9.17) is 5.73 Å². The molecule has 1 amide bonds. The average Bonchev–Trinajstić information content (AvgIpc) is 2.25. The number of nitrogen functional groups attached to an aromatic ring is 1. The van der Waals surface area contributed by atoms with E-state index >= 15 is 0 Å². The van der Waals surface area contributed by atoms with Crippen LogP contribution in [0.2, 0.25) is 0 Å². The molecule has 4 N–H and O–H groups in total. The molecule has 1 aromatic heterocycles. The number of carbonyl (C=O) groups is 1. The van der Waals surface area contributed by atoms with Crippen molar-refractivity contribution in [2.75, 3.05) is 25.4 Å². The SMILES string of the molecule is CCNCCNC(=O)c1cnccc1N. The molecule has 0 saturated heterocycles. The van der Waals surface area contributed by atoms with Crippen LogP contribution < -0.4 is 16.4 Å². The number of hydrogen-bond acceptors (Lipinski definition) is 4. The molecule has 0 aliphatic carbocycles. The van der Waals surface area contributed by atoms with Gasteiger partial charge in [0.25, 0.3) is 5.91 Å².